The van der Waals surface area contributed by atoms with E-state index in [1.807, 2.05) is 30.3 Å². The summed E-state index contributed by atoms with van der Waals surface area (Å²) in [6.45, 7) is 7.23. The number of nitrogens with one attached hydrogen (secondary N) is 1. The molecule has 0 spiro atoms. The molecule has 2 heteroatoms. The average molecular weight is 269 g/mol. The van der Waals surface area contributed by atoms with Crippen LogP contribution in [0.3, 0.4) is 0 Å². The smallest absolute Gasteiger partial charge is 0.119 e. The summed E-state index contributed by atoms with van der Waals surface area (Å²) in [7, 11) is 0. The van der Waals surface area contributed by atoms with Crippen LogP contribution in [0.5, 0.6) is 5.75 Å². The summed E-state index contributed by atoms with van der Waals surface area (Å²) >= 11 is 0. The van der Waals surface area contributed by atoms with E-state index in [-0.39, 0.29) is 6.10 Å². The second-order valence-corrected chi connectivity index (χ2v) is 5.14. The highest BCUT2D eigenvalue weighted by Crippen LogP contribution is 2.16. The van der Waals surface area contributed by atoms with Crippen molar-refractivity contribution in [1.29, 1.82) is 0 Å². The Labute approximate surface area is 121 Å². The molecule has 0 saturated heterocycles. The minimum absolute atomic E-state index is 0.180. The number of aryl methyl sites for hydroxylation is 2. The first-order chi connectivity index (χ1) is 9.69. The van der Waals surface area contributed by atoms with Gasteiger partial charge in [0, 0.05) is 5.69 Å². The maximum atomic E-state index is 5.98. The molecule has 1 atom stereocenters. The Hall–Kier alpha value is -1.96. The van der Waals surface area contributed by atoms with Gasteiger partial charge in [-0.1, -0.05) is 31.2 Å². The van der Waals surface area contributed by atoms with Gasteiger partial charge >= 0.3 is 0 Å². The maximum Gasteiger partial charge on any atom is 0.119 e. The highest BCUT2D eigenvalue weighted by atomic mass is 16.5. The fourth-order valence-electron chi connectivity index (χ4n) is 2.04. The molecule has 0 aliphatic carbocycles. The van der Waals surface area contributed by atoms with Crippen LogP contribution in [0, 0.1) is 13.8 Å². The minimum atomic E-state index is 0.180. The summed E-state index contributed by atoms with van der Waals surface area (Å²) in [6.07, 6.45) is 1.16. The van der Waals surface area contributed by atoms with Gasteiger partial charge in [-0.05, 0) is 55.7 Å². The lowest BCUT2D eigenvalue weighted by Gasteiger charge is -2.19. The SMILES string of the molecule is CCC(CNc1ccc(C)c(C)c1)Oc1ccccc1. The number of para-hydroxylation sites is 1. The Bertz CT molecular complexity index is 536. The first-order valence-corrected chi connectivity index (χ1v) is 7.22. The van der Waals surface area contributed by atoms with Crippen LogP contribution in [-0.2, 0) is 0 Å². The molecule has 106 valence electrons. The van der Waals surface area contributed by atoms with Gasteiger partial charge in [0.1, 0.15) is 11.9 Å². The van der Waals surface area contributed by atoms with Gasteiger partial charge in [-0.15, -0.1) is 0 Å². The second kappa shape index (κ2) is 6.99. The molecule has 1 unspecified atom stereocenters. The van der Waals surface area contributed by atoms with E-state index in [2.05, 4.69) is 44.3 Å². The van der Waals surface area contributed by atoms with Gasteiger partial charge in [-0.3, -0.25) is 0 Å². The van der Waals surface area contributed by atoms with E-state index in [0.29, 0.717) is 0 Å². The second-order valence-electron chi connectivity index (χ2n) is 5.14. The third kappa shape index (κ3) is 4.02. The lowest BCUT2D eigenvalue weighted by atomic mass is 10.1. The summed E-state index contributed by atoms with van der Waals surface area (Å²) in [4.78, 5) is 0. The summed E-state index contributed by atoms with van der Waals surface area (Å²) in [5, 5.41) is 3.46. The van der Waals surface area contributed by atoms with E-state index >= 15 is 0 Å². The lowest BCUT2D eigenvalue weighted by molar-refractivity contribution is 0.210. The van der Waals surface area contributed by atoms with Gasteiger partial charge in [0.2, 0.25) is 0 Å². The fourth-order valence-corrected chi connectivity index (χ4v) is 2.04. The van der Waals surface area contributed by atoms with Crippen LogP contribution in [-0.4, -0.2) is 12.6 Å². The molecule has 2 rings (SSSR count). The zero-order valence-electron chi connectivity index (χ0n) is 12.5. The maximum absolute atomic E-state index is 5.98. The molecular weight excluding hydrogens is 246 g/mol. The Morgan fingerprint density at radius 2 is 1.75 bits per heavy atom. The van der Waals surface area contributed by atoms with Crippen LogP contribution in [0.15, 0.2) is 48.5 Å². The van der Waals surface area contributed by atoms with E-state index in [9.17, 15) is 0 Å². The molecule has 0 radical (unpaired) electrons. The largest absolute Gasteiger partial charge is 0.489 e. The third-order valence-corrected chi connectivity index (χ3v) is 3.54. The van der Waals surface area contributed by atoms with Crippen molar-refractivity contribution in [3.63, 3.8) is 0 Å². The van der Waals surface area contributed by atoms with Crippen molar-refractivity contribution in [3.05, 3.63) is 59.7 Å². The first-order valence-electron chi connectivity index (χ1n) is 7.22. The van der Waals surface area contributed by atoms with Gasteiger partial charge in [-0.25, -0.2) is 0 Å². The van der Waals surface area contributed by atoms with Crippen molar-refractivity contribution in [1.82, 2.24) is 0 Å². The van der Waals surface area contributed by atoms with Crippen molar-refractivity contribution in [2.45, 2.75) is 33.3 Å². The quantitative estimate of drug-likeness (QED) is 0.829. The molecule has 0 fully saturated rings. The number of benzene rings is 2. The molecule has 2 nitrogen and oxygen atoms in total. The lowest BCUT2D eigenvalue weighted by Crippen LogP contribution is -2.25. The molecule has 0 amide bonds. The van der Waals surface area contributed by atoms with Crippen LogP contribution >= 0.6 is 0 Å². The monoisotopic (exact) mass is 269 g/mol. The Morgan fingerprint density at radius 3 is 2.40 bits per heavy atom. The van der Waals surface area contributed by atoms with Gasteiger partial charge < -0.3 is 10.1 Å². The molecule has 20 heavy (non-hydrogen) atoms. The molecule has 0 aliphatic heterocycles. The van der Waals surface area contributed by atoms with Crippen molar-refractivity contribution in [2.75, 3.05) is 11.9 Å². The molecule has 0 aromatic heterocycles. The Morgan fingerprint density at radius 1 is 1.00 bits per heavy atom. The molecule has 0 saturated carbocycles. The molecule has 2 aromatic carbocycles. The summed E-state index contributed by atoms with van der Waals surface area (Å²) in [6, 6.07) is 16.5. The molecular formula is C18H23NO. The van der Waals surface area contributed by atoms with E-state index in [4.69, 9.17) is 4.74 Å². The van der Waals surface area contributed by atoms with Crippen LogP contribution in [0.1, 0.15) is 24.5 Å². The van der Waals surface area contributed by atoms with E-state index < -0.39 is 0 Å². The van der Waals surface area contributed by atoms with Crippen molar-refractivity contribution in [3.8, 4) is 5.75 Å². The molecule has 1 N–H and O–H groups in total. The van der Waals surface area contributed by atoms with Gasteiger partial charge in [0.05, 0.1) is 6.54 Å². The van der Waals surface area contributed by atoms with Crippen molar-refractivity contribution >= 4 is 5.69 Å². The van der Waals surface area contributed by atoms with Crippen LogP contribution in [0.4, 0.5) is 5.69 Å². The highest BCUT2D eigenvalue weighted by molar-refractivity contribution is 5.48. The van der Waals surface area contributed by atoms with E-state index in [1.165, 1.54) is 11.1 Å². The number of hydrogen-bond acceptors (Lipinski definition) is 2. The van der Waals surface area contributed by atoms with Gasteiger partial charge in [-0.2, -0.15) is 0 Å². The number of rotatable bonds is 6. The van der Waals surface area contributed by atoms with Crippen molar-refractivity contribution < 1.29 is 4.74 Å². The Kier molecular flexibility index (Phi) is 5.05. The molecule has 0 bridgehead atoms. The van der Waals surface area contributed by atoms with Gasteiger partial charge in [0.15, 0.2) is 0 Å². The molecule has 0 aliphatic rings. The van der Waals surface area contributed by atoms with Crippen LogP contribution < -0.4 is 10.1 Å². The first kappa shape index (κ1) is 14.4. The zero-order valence-corrected chi connectivity index (χ0v) is 12.5. The number of anilines is 1. The molecule has 0 heterocycles. The summed E-state index contributed by atoms with van der Waals surface area (Å²) in [5.41, 5.74) is 3.79. The third-order valence-electron chi connectivity index (χ3n) is 3.54. The topological polar surface area (TPSA) is 21.3 Å². The fraction of sp³-hybridized carbons (Fsp3) is 0.333. The predicted octanol–water partition coefficient (Wildman–Crippen LogP) is 4.57. The standard InChI is InChI=1S/C18H23NO/c1-4-17(20-18-8-6-5-7-9-18)13-19-16-11-10-14(2)15(3)12-16/h5-12,17,19H,4,13H2,1-3H3. The Balaban J connectivity index is 1.92. The van der Waals surface area contributed by atoms with E-state index in [1.54, 1.807) is 0 Å². The van der Waals surface area contributed by atoms with Crippen LogP contribution in [0.2, 0.25) is 0 Å². The zero-order chi connectivity index (χ0) is 14.4. The predicted molar refractivity (Wildman–Crippen MR) is 85.6 cm³/mol. The van der Waals surface area contributed by atoms with E-state index in [0.717, 1.165) is 24.4 Å². The number of ether oxygens (including phenoxy) is 1. The number of hydrogen-bond donors (Lipinski definition) is 1. The molecule has 2 aromatic rings. The average Bonchev–Trinajstić information content (AvgIpc) is 2.48. The summed E-state index contributed by atoms with van der Waals surface area (Å²) in [5.74, 6) is 0.932. The highest BCUT2D eigenvalue weighted by Gasteiger charge is 2.08. The normalized spacial score (nSPS) is 11.9. The summed E-state index contributed by atoms with van der Waals surface area (Å²) < 4.78 is 5.98. The van der Waals surface area contributed by atoms with Crippen molar-refractivity contribution in [2.24, 2.45) is 0 Å². The van der Waals surface area contributed by atoms with Crippen LogP contribution in [0.25, 0.3) is 0 Å². The minimum Gasteiger partial charge on any atom is -0.489 e. The van der Waals surface area contributed by atoms with Gasteiger partial charge in [0.25, 0.3) is 0 Å².